The number of fused-ring (bicyclic) bond motifs is 1. The van der Waals surface area contributed by atoms with E-state index in [0.717, 1.165) is 36.1 Å². The molecule has 124 valence electrons. The molecule has 3 nitrogen and oxygen atoms in total. The van der Waals surface area contributed by atoms with E-state index >= 15 is 0 Å². The molecule has 0 saturated heterocycles. The van der Waals surface area contributed by atoms with Gasteiger partial charge in [0.1, 0.15) is 12.4 Å². The minimum absolute atomic E-state index is 0.0329. The van der Waals surface area contributed by atoms with E-state index < -0.39 is 0 Å². The Hall–Kier alpha value is -2.55. The van der Waals surface area contributed by atoms with Gasteiger partial charge in [0.2, 0.25) is 5.91 Å². The number of amides is 1. The van der Waals surface area contributed by atoms with Gasteiger partial charge in [-0.25, -0.2) is 0 Å². The largest absolute Gasteiger partial charge is 0.491 e. The fraction of sp³-hybridized carbons (Fsp3) is 0.286. The number of hydrogen-bond donors (Lipinski definition) is 1. The van der Waals surface area contributed by atoms with E-state index in [1.807, 2.05) is 43.3 Å². The number of ether oxygens (including phenoxy) is 1. The summed E-state index contributed by atoms with van der Waals surface area (Å²) in [5, 5.41) is 3.05. The molecule has 0 aliphatic carbocycles. The number of rotatable bonds is 5. The summed E-state index contributed by atoms with van der Waals surface area (Å²) < 4.78 is 5.71. The predicted molar refractivity (Wildman–Crippen MR) is 96.1 cm³/mol. The lowest BCUT2D eigenvalue weighted by molar-refractivity contribution is -0.117. The van der Waals surface area contributed by atoms with Gasteiger partial charge in [0.15, 0.2) is 0 Å². The molecule has 1 atom stereocenters. The van der Waals surface area contributed by atoms with Crippen LogP contribution in [0.25, 0.3) is 0 Å². The number of benzene rings is 2. The summed E-state index contributed by atoms with van der Waals surface area (Å²) in [4.78, 5) is 12.2. The van der Waals surface area contributed by atoms with E-state index in [4.69, 9.17) is 4.74 Å². The van der Waals surface area contributed by atoms with Crippen LogP contribution in [0.3, 0.4) is 0 Å². The molecule has 1 N–H and O–H groups in total. The lowest BCUT2D eigenvalue weighted by atomic mass is 10.0. The first-order chi connectivity index (χ1) is 11.7. The molecular weight excluding hydrogens is 298 g/mol. The molecule has 0 spiro atoms. The highest BCUT2D eigenvalue weighted by Crippen LogP contribution is 2.23. The van der Waals surface area contributed by atoms with Crippen LogP contribution in [0, 0.1) is 0 Å². The normalized spacial score (nSPS) is 16.9. The Morgan fingerprint density at radius 1 is 1.17 bits per heavy atom. The van der Waals surface area contributed by atoms with E-state index in [9.17, 15) is 4.79 Å². The summed E-state index contributed by atoms with van der Waals surface area (Å²) in [6.45, 7) is 2.54. The molecule has 3 rings (SSSR count). The Morgan fingerprint density at radius 2 is 1.92 bits per heavy atom. The van der Waals surface area contributed by atoms with Crippen molar-refractivity contribution in [3.63, 3.8) is 0 Å². The predicted octanol–water partition coefficient (Wildman–Crippen LogP) is 3.69. The van der Waals surface area contributed by atoms with Gasteiger partial charge in [-0.15, -0.1) is 0 Å². The van der Waals surface area contributed by atoms with Crippen LogP contribution in [-0.4, -0.2) is 18.6 Å². The fourth-order valence-electron chi connectivity index (χ4n) is 2.95. The first-order valence-corrected chi connectivity index (χ1v) is 8.43. The Balaban J connectivity index is 1.50. The third-order valence-electron chi connectivity index (χ3n) is 4.25. The van der Waals surface area contributed by atoms with Crippen LogP contribution in [0.1, 0.15) is 24.5 Å². The summed E-state index contributed by atoms with van der Waals surface area (Å²) in [5.41, 5.74) is 3.54. The van der Waals surface area contributed by atoms with Gasteiger partial charge in [0, 0.05) is 6.08 Å². The third kappa shape index (κ3) is 4.48. The second kappa shape index (κ2) is 7.82. The number of carbonyl (C=O) groups is 1. The van der Waals surface area contributed by atoms with Crippen molar-refractivity contribution in [3.05, 3.63) is 77.4 Å². The van der Waals surface area contributed by atoms with Crippen LogP contribution >= 0.6 is 0 Å². The second-order valence-corrected chi connectivity index (χ2v) is 6.30. The zero-order valence-corrected chi connectivity index (χ0v) is 14.0. The minimum atomic E-state index is -0.0338. The minimum Gasteiger partial charge on any atom is -0.491 e. The van der Waals surface area contributed by atoms with Crippen LogP contribution in [-0.2, 0) is 17.6 Å². The number of allylic oxidation sites excluding steroid dienone is 1. The van der Waals surface area contributed by atoms with Crippen LogP contribution in [0.5, 0.6) is 5.75 Å². The van der Waals surface area contributed by atoms with Crippen molar-refractivity contribution in [2.75, 3.05) is 6.61 Å². The van der Waals surface area contributed by atoms with Crippen molar-refractivity contribution in [1.82, 2.24) is 5.32 Å². The first-order valence-electron chi connectivity index (χ1n) is 8.43. The van der Waals surface area contributed by atoms with E-state index in [1.54, 1.807) is 6.08 Å². The van der Waals surface area contributed by atoms with E-state index in [-0.39, 0.29) is 11.9 Å². The number of nitrogens with one attached hydrogen (secondary N) is 1. The monoisotopic (exact) mass is 321 g/mol. The molecule has 24 heavy (non-hydrogen) atoms. The number of carbonyl (C=O) groups excluding carboxylic acids is 1. The van der Waals surface area contributed by atoms with Crippen molar-refractivity contribution >= 4 is 5.91 Å². The third-order valence-corrected chi connectivity index (χ3v) is 4.25. The lowest BCUT2D eigenvalue weighted by Crippen LogP contribution is -2.42. The van der Waals surface area contributed by atoms with Gasteiger partial charge in [0.25, 0.3) is 0 Å². The molecule has 0 radical (unpaired) electrons. The molecule has 1 unspecified atom stereocenters. The standard InChI is InChI=1S/C21H23NO2/c1-16(11-12-17-7-3-2-4-8-17)13-21(23)22-19-14-18-9-5-6-10-20(18)24-15-19/h2-10,13,19H,11-12,14-15H2,1H3,(H,22,23)/b16-13-. The Morgan fingerprint density at radius 3 is 2.75 bits per heavy atom. The fourth-order valence-corrected chi connectivity index (χ4v) is 2.95. The van der Waals surface area contributed by atoms with E-state index in [1.165, 1.54) is 5.56 Å². The van der Waals surface area contributed by atoms with E-state index in [0.29, 0.717) is 6.61 Å². The quantitative estimate of drug-likeness (QED) is 0.853. The summed E-state index contributed by atoms with van der Waals surface area (Å²) in [6, 6.07) is 18.4. The highest BCUT2D eigenvalue weighted by atomic mass is 16.5. The first kappa shape index (κ1) is 16.3. The van der Waals surface area contributed by atoms with Gasteiger partial charge in [-0.3, -0.25) is 4.79 Å². The second-order valence-electron chi connectivity index (χ2n) is 6.30. The van der Waals surface area contributed by atoms with Crippen molar-refractivity contribution in [3.8, 4) is 5.75 Å². The van der Waals surface area contributed by atoms with Gasteiger partial charge in [-0.05, 0) is 43.4 Å². The zero-order valence-electron chi connectivity index (χ0n) is 14.0. The van der Waals surface area contributed by atoms with Gasteiger partial charge in [-0.2, -0.15) is 0 Å². The molecule has 0 saturated carbocycles. The molecule has 1 amide bonds. The highest BCUT2D eigenvalue weighted by molar-refractivity contribution is 5.88. The SMILES string of the molecule is C/C(=C/C(=O)NC1COc2ccccc2C1)CCc1ccccc1. The Bertz CT molecular complexity index is 722. The lowest BCUT2D eigenvalue weighted by Gasteiger charge is -2.25. The molecule has 3 heteroatoms. The highest BCUT2D eigenvalue weighted by Gasteiger charge is 2.20. The topological polar surface area (TPSA) is 38.3 Å². The Labute approximate surface area is 143 Å². The van der Waals surface area contributed by atoms with Crippen LogP contribution in [0.2, 0.25) is 0 Å². The molecule has 0 aromatic heterocycles. The molecule has 1 aliphatic heterocycles. The smallest absolute Gasteiger partial charge is 0.244 e. The van der Waals surface area contributed by atoms with Crippen LogP contribution < -0.4 is 10.1 Å². The van der Waals surface area contributed by atoms with Gasteiger partial charge < -0.3 is 10.1 Å². The average molecular weight is 321 g/mol. The summed E-state index contributed by atoms with van der Waals surface area (Å²) in [6.07, 6.45) is 4.38. The average Bonchev–Trinajstić information content (AvgIpc) is 2.60. The Kier molecular flexibility index (Phi) is 5.32. The van der Waals surface area contributed by atoms with Gasteiger partial charge in [-0.1, -0.05) is 54.1 Å². The maximum absolute atomic E-state index is 12.2. The maximum atomic E-state index is 12.2. The maximum Gasteiger partial charge on any atom is 0.244 e. The van der Waals surface area contributed by atoms with Crippen molar-refractivity contribution < 1.29 is 9.53 Å². The van der Waals surface area contributed by atoms with Crippen molar-refractivity contribution in [1.29, 1.82) is 0 Å². The number of para-hydroxylation sites is 1. The van der Waals surface area contributed by atoms with Crippen LogP contribution in [0.15, 0.2) is 66.2 Å². The summed E-state index contributed by atoms with van der Waals surface area (Å²) in [7, 11) is 0. The zero-order chi connectivity index (χ0) is 16.8. The molecule has 2 aromatic carbocycles. The molecule has 0 fully saturated rings. The van der Waals surface area contributed by atoms with Crippen molar-refractivity contribution in [2.45, 2.75) is 32.2 Å². The molecule has 0 bridgehead atoms. The number of hydrogen-bond acceptors (Lipinski definition) is 2. The molecule has 1 heterocycles. The van der Waals surface area contributed by atoms with Gasteiger partial charge >= 0.3 is 0 Å². The summed E-state index contributed by atoms with van der Waals surface area (Å²) >= 11 is 0. The van der Waals surface area contributed by atoms with Gasteiger partial charge in [0.05, 0.1) is 6.04 Å². The molecule has 2 aromatic rings. The molecule has 1 aliphatic rings. The van der Waals surface area contributed by atoms with Crippen LogP contribution in [0.4, 0.5) is 0 Å². The summed E-state index contributed by atoms with van der Waals surface area (Å²) in [5.74, 6) is 0.895. The number of aryl methyl sites for hydroxylation is 1. The molecular formula is C21H23NO2. The van der Waals surface area contributed by atoms with E-state index in [2.05, 4.69) is 23.5 Å². The van der Waals surface area contributed by atoms with Crippen molar-refractivity contribution in [2.24, 2.45) is 0 Å².